The molecule has 0 spiro atoms. The van der Waals surface area contributed by atoms with Crippen molar-refractivity contribution in [1.82, 2.24) is 4.90 Å². The number of aliphatic hydroxyl groups excluding tert-OH is 1. The fraction of sp³-hybridized carbons (Fsp3) is 0.179. The number of hydrogen-bond acceptors (Lipinski definition) is 8. The normalized spacial score (nSPS) is 22.9. The van der Waals surface area contributed by atoms with Gasteiger partial charge in [-0.15, -0.1) is 0 Å². The van der Waals surface area contributed by atoms with E-state index in [1.54, 1.807) is 60.7 Å². The topological polar surface area (TPSA) is 119 Å². The summed E-state index contributed by atoms with van der Waals surface area (Å²) in [4.78, 5) is 52.4. The smallest absolute Gasteiger partial charge is 0.338 e. The molecule has 4 atom stereocenters. The first kappa shape index (κ1) is 24.4. The number of ether oxygens (including phenoxy) is 3. The molecule has 2 aliphatic rings. The van der Waals surface area contributed by atoms with Crippen LogP contribution in [0, 0.1) is 6.61 Å². The minimum Gasteiger partial charge on any atom is -0.459 e. The largest absolute Gasteiger partial charge is 0.459 e. The van der Waals surface area contributed by atoms with Gasteiger partial charge in [-0.2, -0.15) is 0 Å². The van der Waals surface area contributed by atoms with Crippen LogP contribution in [0.1, 0.15) is 41.4 Å². The Bertz CT molecular complexity index is 1290. The van der Waals surface area contributed by atoms with Crippen molar-refractivity contribution in [2.45, 2.75) is 24.4 Å². The molecule has 1 fully saturated rings. The van der Waals surface area contributed by atoms with Gasteiger partial charge in [0, 0.05) is 0 Å². The molecule has 37 heavy (non-hydrogen) atoms. The van der Waals surface area contributed by atoms with E-state index >= 15 is 0 Å². The zero-order valence-corrected chi connectivity index (χ0v) is 19.4. The summed E-state index contributed by atoms with van der Waals surface area (Å²) < 4.78 is 16.6. The highest BCUT2D eigenvalue weighted by Crippen LogP contribution is 2.32. The molecule has 2 heterocycles. The van der Waals surface area contributed by atoms with Crippen molar-refractivity contribution in [1.29, 1.82) is 0 Å². The number of esters is 2. The number of rotatable bonds is 6. The van der Waals surface area contributed by atoms with E-state index < -0.39 is 48.1 Å². The summed E-state index contributed by atoms with van der Waals surface area (Å²) in [6.07, 6.45) is -4.03. The van der Waals surface area contributed by atoms with Crippen molar-refractivity contribution in [3.05, 3.63) is 114 Å². The third-order valence-electron chi connectivity index (χ3n) is 6.21. The lowest BCUT2D eigenvalue weighted by Gasteiger charge is -2.41. The zero-order valence-electron chi connectivity index (χ0n) is 19.4. The van der Waals surface area contributed by atoms with E-state index in [9.17, 15) is 24.3 Å². The van der Waals surface area contributed by atoms with E-state index in [0.29, 0.717) is 5.56 Å². The lowest BCUT2D eigenvalue weighted by atomic mass is 9.96. The van der Waals surface area contributed by atoms with Crippen LogP contribution in [0.25, 0.3) is 0 Å². The van der Waals surface area contributed by atoms with Gasteiger partial charge in [0.25, 0.3) is 11.8 Å². The average molecular weight is 500 g/mol. The number of aliphatic hydroxyl groups is 1. The quantitative estimate of drug-likeness (QED) is 0.405. The van der Waals surface area contributed by atoms with Gasteiger partial charge in [0.15, 0.2) is 6.10 Å². The molecule has 5 rings (SSSR count). The highest BCUT2D eigenvalue weighted by molar-refractivity contribution is 6.21. The number of fused-ring (bicyclic) bond motifs is 1. The van der Waals surface area contributed by atoms with E-state index in [-0.39, 0.29) is 23.3 Å². The van der Waals surface area contributed by atoms with Gasteiger partial charge in [0.2, 0.25) is 0 Å². The Morgan fingerprint density at radius 2 is 1.30 bits per heavy atom. The molecule has 2 amide bonds. The molecular formula is C28H22NO8. The summed E-state index contributed by atoms with van der Waals surface area (Å²) in [5.41, 5.74) is 0.923. The summed E-state index contributed by atoms with van der Waals surface area (Å²) in [6.45, 7) is 0.804. The third kappa shape index (κ3) is 4.74. The number of imide groups is 1. The molecule has 3 aromatic carbocycles. The maximum absolute atomic E-state index is 13.1. The number of carbonyl (C=O) groups excluding carboxylic acids is 4. The minimum absolute atomic E-state index is 0.197. The highest BCUT2D eigenvalue weighted by atomic mass is 16.6. The van der Waals surface area contributed by atoms with Crippen LogP contribution >= 0.6 is 0 Å². The molecule has 1 N–H and O–H groups in total. The minimum atomic E-state index is -1.53. The Labute approximate surface area is 212 Å². The number of amides is 2. The standard InChI is InChI=1S/C28H22NO8/c30-23-22(16-36-27(33)17-9-3-1-4-10-17)35-15-21(24(23)37-28(34)18-11-5-2-6-12-18)29-25(31)19-13-7-8-14-20(19)26(29)32/h1-15,21-24,30H,16H2/t21-,22-,23-,24-/m1/s1. The predicted molar refractivity (Wildman–Crippen MR) is 128 cm³/mol. The number of nitrogens with zero attached hydrogens (tertiary/aromatic N) is 1. The third-order valence-corrected chi connectivity index (χ3v) is 6.21. The first-order valence-electron chi connectivity index (χ1n) is 11.6. The summed E-state index contributed by atoms with van der Waals surface area (Å²) in [5, 5.41) is 11.2. The Kier molecular flexibility index (Phi) is 6.80. The molecular weight excluding hydrogens is 478 g/mol. The second kappa shape index (κ2) is 10.3. The monoisotopic (exact) mass is 500 g/mol. The first-order chi connectivity index (χ1) is 18.0. The van der Waals surface area contributed by atoms with Crippen LogP contribution in [0.15, 0.2) is 84.9 Å². The lowest BCUT2D eigenvalue weighted by molar-refractivity contribution is -0.150. The van der Waals surface area contributed by atoms with Crippen LogP contribution in [-0.2, 0) is 14.2 Å². The van der Waals surface area contributed by atoms with Crippen molar-refractivity contribution >= 4 is 23.8 Å². The van der Waals surface area contributed by atoms with Crippen LogP contribution in [0.2, 0.25) is 0 Å². The van der Waals surface area contributed by atoms with Gasteiger partial charge in [-0.25, -0.2) is 9.59 Å². The molecule has 2 aliphatic heterocycles. The van der Waals surface area contributed by atoms with Crippen LogP contribution < -0.4 is 0 Å². The van der Waals surface area contributed by atoms with Crippen molar-refractivity contribution in [2.24, 2.45) is 0 Å². The highest BCUT2D eigenvalue weighted by Gasteiger charge is 2.51. The molecule has 1 radical (unpaired) electrons. The summed E-state index contributed by atoms with van der Waals surface area (Å²) in [5.74, 6) is -2.60. The molecule has 0 aliphatic carbocycles. The Balaban J connectivity index is 1.38. The molecule has 9 nitrogen and oxygen atoms in total. The van der Waals surface area contributed by atoms with Gasteiger partial charge < -0.3 is 19.3 Å². The van der Waals surface area contributed by atoms with Gasteiger partial charge in [0.05, 0.1) is 22.3 Å². The van der Waals surface area contributed by atoms with Gasteiger partial charge in [-0.05, 0) is 36.4 Å². The molecule has 0 unspecified atom stereocenters. The molecule has 0 bridgehead atoms. The molecule has 0 aromatic heterocycles. The Morgan fingerprint density at radius 1 is 0.784 bits per heavy atom. The SMILES string of the molecule is O=C(OC[C@H]1O[CH][C@@H](N2C(=O)c3ccccc3C2=O)[C@@H](OC(=O)c2ccccc2)[C@@H]1O)c1ccccc1. The lowest BCUT2D eigenvalue weighted by Crippen LogP contribution is -2.60. The second-order valence-corrected chi connectivity index (χ2v) is 8.52. The van der Waals surface area contributed by atoms with Crippen LogP contribution in [0.3, 0.4) is 0 Å². The Morgan fingerprint density at radius 3 is 1.86 bits per heavy atom. The van der Waals surface area contributed by atoms with E-state index in [1.807, 2.05) is 0 Å². The fourth-order valence-corrected chi connectivity index (χ4v) is 4.30. The van der Waals surface area contributed by atoms with Gasteiger partial charge in [-0.3, -0.25) is 14.5 Å². The average Bonchev–Trinajstić information content (AvgIpc) is 3.19. The van der Waals surface area contributed by atoms with Gasteiger partial charge >= 0.3 is 11.9 Å². The molecule has 1 saturated heterocycles. The maximum atomic E-state index is 13.1. The zero-order chi connectivity index (χ0) is 25.9. The van der Waals surface area contributed by atoms with Crippen molar-refractivity contribution in [3.8, 4) is 0 Å². The van der Waals surface area contributed by atoms with E-state index in [0.717, 1.165) is 4.90 Å². The maximum Gasteiger partial charge on any atom is 0.338 e. The second-order valence-electron chi connectivity index (χ2n) is 8.52. The fourth-order valence-electron chi connectivity index (χ4n) is 4.30. The number of hydrogen-bond donors (Lipinski definition) is 1. The molecule has 187 valence electrons. The van der Waals surface area contributed by atoms with Crippen LogP contribution in [0.5, 0.6) is 0 Å². The van der Waals surface area contributed by atoms with Gasteiger partial charge in [-0.1, -0.05) is 48.5 Å². The van der Waals surface area contributed by atoms with Gasteiger partial charge in [0.1, 0.15) is 31.5 Å². The summed E-state index contributed by atoms with van der Waals surface area (Å²) in [7, 11) is 0. The Hall–Kier alpha value is -4.34. The predicted octanol–water partition coefficient (Wildman–Crippen LogP) is 2.66. The molecule has 3 aromatic rings. The number of carbonyl (C=O) groups is 4. The van der Waals surface area contributed by atoms with Crippen LogP contribution in [-0.4, -0.2) is 64.7 Å². The number of benzene rings is 3. The van der Waals surface area contributed by atoms with E-state index in [1.165, 1.54) is 30.9 Å². The molecule has 9 heteroatoms. The van der Waals surface area contributed by atoms with Crippen LogP contribution in [0.4, 0.5) is 0 Å². The van der Waals surface area contributed by atoms with E-state index in [4.69, 9.17) is 14.2 Å². The van der Waals surface area contributed by atoms with Crippen molar-refractivity contribution < 1.29 is 38.5 Å². The summed E-state index contributed by atoms with van der Waals surface area (Å²) >= 11 is 0. The molecule has 0 saturated carbocycles. The van der Waals surface area contributed by atoms with Crippen molar-refractivity contribution in [3.63, 3.8) is 0 Å². The summed E-state index contributed by atoms with van der Waals surface area (Å²) in [6, 6.07) is 21.5. The van der Waals surface area contributed by atoms with E-state index in [2.05, 4.69) is 0 Å². The van der Waals surface area contributed by atoms with Crippen molar-refractivity contribution in [2.75, 3.05) is 6.61 Å². The first-order valence-corrected chi connectivity index (χ1v) is 11.6.